The minimum absolute atomic E-state index is 0.417. The third-order valence-corrected chi connectivity index (χ3v) is 1.57. The van der Waals surface area contributed by atoms with Crippen molar-refractivity contribution in [3.8, 4) is 0 Å². The molecule has 0 bridgehead atoms. The number of methoxy groups -OCH3 is 1. The van der Waals surface area contributed by atoms with Gasteiger partial charge >= 0.3 is 6.09 Å². The standard InChI is InChI=1S/C8H9NO2.C3H8O2/c1-11-8(10)9-7-5-3-2-4-6-7;1-2-3(4)5/h2-6H,1H3,(H,9,10);3-5H,2H2,1H3. The number of hydrogen-bond acceptors (Lipinski definition) is 4. The molecule has 0 aromatic heterocycles. The van der Waals surface area contributed by atoms with E-state index in [1.807, 2.05) is 18.2 Å². The van der Waals surface area contributed by atoms with Crippen molar-refractivity contribution in [1.82, 2.24) is 0 Å². The van der Waals surface area contributed by atoms with Crippen molar-refractivity contribution in [1.29, 1.82) is 0 Å². The van der Waals surface area contributed by atoms with E-state index in [1.165, 1.54) is 7.11 Å². The minimum atomic E-state index is -1.12. The normalized spacial score (nSPS) is 9.06. The van der Waals surface area contributed by atoms with Crippen LogP contribution in [0.25, 0.3) is 0 Å². The Morgan fingerprint density at radius 2 is 1.88 bits per heavy atom. The molecule has 0 atom stereocenters. The summed E-state index contributed by atoms with van der Waals surface area (Å²) in [6.07, 6.45) is -1.15. The molecule has 0 aliphatic rings. The Kier molecular flexibility index (Phi) is 7.83. The average Bonchev–Trinajstić information content (AvgIpc) is 2.31. The van der Waals surface area contributed by atoms with Gasteiger partial charge in [0.2, 0.25) is 0 Å². The molecule has 0 aliphatic heterocycles. The summed E-state index contributed by atoms with van der Waals surface area (Å²) >= 11 is 0. The van der Waals surface area contributed by atoms with Crippen LogP contribution in [0.5, 0.6) is 0 Å². The summed E-state index contributed by atoms with van der Waals surface area (Å²) in [6.45, 7) is 1.70. The monoisotopic (exact) mass is 227 g/mol. The van der Waals surface area contributed by atoms with Gasteiger partial charge in [0.05, 0.1) is 7.11 Å². The number of para-hydroxylation sites is 1. The zero-order chi connectivity index (χ0) is 12.4. The summed E-state index contributed by atoms with van der Waals surface area (Å²) in [7, 11) is 1.33. The molecule has 0 heterocycles. The number of carbonyl (C=O) groups is 1. The lowest BCUT2D eigenvalue weighted by Crippen LogP contribution is -2.10. The lowest BCUT2D eigenvalue weighted by molar-refractivity contribution is -0.0413. The maximum Gasteiger partial charge on any atom is 0.411 e. The molecule has 0 unspecified atom stereocenters. The fraction of sp³-hybridized carbons (Fsp3) is 0.364. The Morgan fingerprint density at radius 1 is 1.38 bits per heavy atom. The van der Waals surface area contributed by atoms with Crippen LogP contribution < -0.4 is 5.32 Å². The number of aliphatic hydroxyl groups excluding tert-OH is 1. The molecule has 1 aromatic carbocycles. The first-order valence-corrected chi connectivity index (χ1v) is 4.86. The van der Waals surface area contributed by atoms with Crippen molar-refractivity contribution >= 4 is 11.8 Å². The highest BCUT2D eigenvalue weighted by Gasteiger charge is 1.96. The zero-order valence-electron chi connectivity index (χ0n) is 9.38. The van der Waals surface area contributed by atoms with Crippen LogP contribution in [-0.4, -0.2) is 29.7 Å². The van der Waals surface area contributed by atoms with E-state index < -0.39 is 12.4 Å². The highest BCUT2D eigenvalue weighted by molar-refractivity contribution is 5.84. The van der Waals surface area contributed by atoms with E-state index >= 15 is 0 Å². The van der Waals surface area contributed by atoms with Crippen molar-refractivity contribution in [2.75, 3.05) is 12.4 Å². The zero-order valence-corrected chi connectivity index (χ0v) is 9.38. The number of benzene rings is 1. The van der Waals surface area contributed by atoms with Crippen molar-refractivity contribution < 1.29 is 19.7 Å². The van der Waals surface area contributed by atoms with Gasteiger partial charge in [-0.05, 0) is 18.6 Å². The molecule has 0 saturated heterocycles. The number of aliphatic hydroxyl groups is 2. The van der Waals surface area contributed by atoms with E-state index in [0.717, 1.165) is 5.69 Å². The van der Waals surface area contributed by atoms with Crippen LogP contribution >= 0.6 is 0 Å². The SMILES string of the molecule is CCC(O)O.COC(=O)Nc1ccccc1. The second kappa shape index (κ2) is 8.70. The molecule has 90 valence electrons. The smallest absolute Gasteiger partial charge is 0.411 e. The highest BCUT2D eigenvalue weighted by Crippen LogP contribution is 2.04. The second-order valence-electron chi connectivity index (χ2n) is 2.87. The van der Waals surface area contributed by atoms with Crippen LogP contribution in [0.2, 0.25) is 0 Å². The van der Waals surface area contributed by atoms with Crippen LogP contribution in [-0.2, 0) is 4.74 Å². The first-order chi connectivity index (χ1) is 7.60. The first kappa shape index (κ1) is 14.4. The van der Waals surface area contributed by atoms with Gasteiger partial charge < -0.3 is 14.9 Å². The summed E-state index contributed by atoms with van der Waals surface area (Å²) < 4.78 is 4.40. The van der Waals surface area contributed by atoms with Crippen LogP contribution in [0.15, 0.2) is 30.3 Å². The Balaban J connectivity index is 0.000000385. The Bertz CT molecular complexity index is 287. The van der Waals surface area contributed by atoms with Crippen molar-refractivity contribution in [3.05, 3.63) is 30.3 Å². The molecular formula is C11H17NO4. The van der Waals surface area contributed by atoms with Crippen molar-refractivity contribution in [2.45, 2.75) is 19.6 Å². The number of ether oxygens (including phenoxy) is 1. The summed E-state index contributed by atoms with van der Waals surface area (Å²) in [5, 5.41) is 18.4. The molecule has 0 radical (unpaired) electrons. The molecule has 1 aromatic rings. The predicted molar refractivity (Wildman–Crippen MR) is 61.0 cm³/mol. The minimum Gasteiger partial charge on any atom is -0.453 e. The van der Waals surface area contributed by atoms with Gasteiger partial charge in [0, 0.05) is 5.69 Å². The molecule has 0 aliphatic carbocycles. The maximum absolute atomic E-state index is 10.6. The molecule has 0 saturated carbocycles. The van der Waals surface area contributed by atoms with E-state index in [1.54, 1.807) is 19.1 Å². The largest absolute Gasteiger partial charge is 0.453 e. The average molecular weight is 227 g/mol. The predicted octanol–water partition coefficient (Wildman–Crippen LogP) is 1.57. The van der Waals surface area contributed by atoms with Crippen LogP contribution in [0.3, 0.4) is 0 Å². The van der Waals surface area contributed by atoms with Gasteiger partial charge in [-0.25, -0.2) is 4.79 Å². The molecular weight excluding hydrogens is 210 g/mol. The van der Waals surface area contributed by atoms with Gasteiger partial charge in [-0.3, -0.25) is 5.32 Å². The fourth-order valence-corrected chi connectivity index (χ4v) is 0.690. The Labute approximate surface area is 94.7 Å². The van der Waals surface area contributed by atoms with Gasteiger partial charge in [-0.15, -0.1) is 0 Å². The summed E-state index contributed by atoms with van der Waals surface area (Å²) in [6, 6.07) is 9.13. The van der Waals surface area contributed by atoms with Crippen LogP contribution in [0.4, 0.5) is 10.5 Å². The van der Waals surface area contributed by atoms with Gasteiger partial charge in [0.15, 0.2) is 6.29 Å². The van der Waals surface area contributed by atoms with Gasteiger partial charge in [0.1, 0.15) is 0 Å². The molecule has 1 rings (SSSR count). The number of amides is 1. The first-order valence-electron chi connectivity index (χ1n) is 4.86. The highest BCUT2D eigenvalue weighted by atomic mass is 16.5. The quantitative estimate of drug-likeness (QED) is 0.670. The Hall–Kier alpha value is -1.59. The van der Waals surface area contributed by atoms with E-state index in [2.05, 4.69) is 10.1 Å². The van der Waals surface area contributed by atoms with Crippen LogP contribution in [0, 0.1) is 0 Å². The van der Waals surface area contributed by atoms with E-state index in [-0.39, 0.29) is 0 Å². The molecule has 5 heteroatoms. The Morgan fingerprint density at radius 3 is 2.25 bits per heavy atom. The fourth-order valence-electron chi connectivity index (χ4n) is 0.690. The maximum atomic E-state index is 10.6. The van der Waals surface area contributed by atoms with Gasteiger partial charge in [-0.2, -0.15) is 0 Å². The molecule has 0 fully saturated rings. The van der Waals surface area contributed by atoms with Gasteiger partial charge in [0.25, 0.3) is 0 Å². The third-order valence-electron chi connectivity index (χ3n) is 1.57. The van der Waals surface area contributed by atoms with E-state index in [9.17, 15) is 4.79 Å². The summed E-state index contributed by atoms with van der Waals surface area (Å²) in [5.41, 5.74) is 0.736. The third kappa shape index (κ3) is 7.78. The lowest BCUT2D eigenvalue weighted by atomic mass is 10.3. The molecule has 1 amide bonds. The number of carbonyl (C=O) groups excluding carboxylic acids is 1. The summed E-state index contributed by atoms with van der Waals surface area (Å²) in [4.78, 5) is 10.6. The van der Waals surface area contributed by atoms with Crippen molar-refractivity contribution in [2.24, 2.45) is 0 Å². The number of rotatable bonds is 2. The topological polar surface area (TPSA) is 78.8 Å². The van der Waals surface area contributed by atoms with E-state index in [0.29, 0.717) is 6.42 Å². The second-order valence-corrected chi connectivity index (χ2v) is 2.87. The molecule has 0 spiro atoms. The summed E-state index contributed by atoms with van der Waals surface area (Å²) in [5.74, 6) is 0. The van der Waals surface area contributed by atoms with Crippen molar-refractivity contribution in [3.63, 3.8) is 0 Å². The van der Waals surface area contributed by atoms with Gasteiger partial charge in [-0.1, -0.05) is 25.1 Å². The number of hydrogen-bond donors (Lipinski definition) is 3. The van der Waals surface area contributed by atoms with Crippen LogP contribution in [0.1, 0.15) is 13.3 Å². The molecule has 3 N–H and O–H groups in total. The molecule has 5 nitrogen and oxygen atoms in total. The number of anilines is 1. The number of nitrogens with one attached hydrogen (secondary N) is 1. The lowest BCUT2D eigenvalue weighted by Gasteiger charge is -2.01. The molecule has 16 heavy (non-hydrogen) atoms. The van der Waals surface area contributed by atoms with E-state index in [4.69, 9.17) is 10.2 Å².